The van der Waals surface area contributed by atoms with Crippen LogP contribution in [0.4, 0.5) is 5.69 Å². The lowest BCUT2D eigenvalue weighted by molar-refractivity contribution is -0.119. The van der Waals surface area contributed by atoms with Gasteiger partial charge < -0.3 is 9.80 Å². The van der Waals surface area contributed by atoms with Crippen LogP contribution in [0.3, 0.4) is 0 Å². The van der Waals surface area contributed by atoms with Crippen molar-refractivity contribution in [2.24, 2.45) is 0 Å². The van der Waals surface area contributed by atoms with E-state index >= 15 is 0 Å². The van der Waals surface area contributed by atoms with Gasteiger partial charge in [-0.15, -0.1) is 0 Å². The van der Waals surface area contributed by atoms with Gasteiger partial charge in [-0.05, 0) is 36.6 Å². The maximum Gasteiger partial charge on any atom is 0.243 e. The van der Waals surface area contributed by atoms with E-state index in [2.05, 4.69) is 0 Å². The van der Waals surface area contributed by atoms with Gasteiger partial charge >= 0.3 is 0 Å². The lowest BCUT2D eigenvalue weighted by Gasteiger charge is -2.32. The van der Waals surface area contributed by atoms with Crippen LogP contribution in [0.25, 0.3) is 0 Å². The molecule has 0 unspecified atom stereocenters. The quantitative estimate of drug-likeness (QED) is 0.741. The number of rotatable bonds is 3. The summed E-state index contributed by atoms with van der Waals surface area (Å²) in [5.41, 5.74) is 1.70. The molecule has 0 bridgehead atoms. The SMILES string of the molecule is CC(=O)N1CCCc2cc(S(=O)(=O)N3CCN(C=O)CC3)ccc21. The fourth-order valence-corrected chi connectivity index (χ4v) is 4.73. The number of nitrogens with zero attached hydrogens (tertiary/aromatic N) is 3. The van der Waals surface area contributed by atoms with Gasteiger partial charge in [-0.25, -0.2) is 8.42 Å². The number of hydrogen-bond acceptors (Lipinski definition) is 4. The molecule has 1 aromatic carbocycles. The normalized spacial score (nSPS) is 19.0. The molecule has 2 aliphatic heterocycles. The van der Waals surface area contributed by atoms with Gasteiger partial charge in [0.25, 0.3) is 0 Å². The Kier molecular flexibility index (Phi) is 4.60. The predicted molar refractivity (Wildman–Crippen MR) is 89.2 cm³/mol. The largest absolute Gasteiger partial charge is 0.343 e. The van der Waals surface area contributed by atoms with E-state index in [1.807, 2.05) is 0 Å². The van der Waals surface area contributed by atoms with E-state index in [1.54, 1.807) is 28.0 Å². The minimum atomic E-state index is -3.58. The minimum Gasteiger partial charge on any atom is -0.343 e. The number of amides is 2. The molecular formula is C16H21N3O4S. The smallest absolute Gasteiger partial charge is 0.243 e. The summed E-state index contributed by atoms with van der Waals surface area (Å²) in [6.45, 7) is 3.61. The summed E-state index contributed by atoms with van der Waals surface area (Å²) < 4.78 is 27.1. The number of benzene rings is 1. The van der Waals surface area contributed by atoms with Crippen molar-refractivity contribution < 1.29 is 18.0 Å². The summed E-state index contributed by atoms with van der Waals surface area (Å²) in [6.07, 6.45) is 2.34. The third kappa shape index (κ3) is 3.03. The molecule has 0 atom stereocenters. The second-order valence-electron chi connectivity index (χ2n) is 6.11. The molecule has 2 aliphatic rings. The summed E-state index contributed by atoms with van der Waals surface area (Å²) >= 11 is 0. The Morgan fingerprint density at radius 2 is 1.83 bits per heavy atom. The van der Waals surface area contributed by atoms with Crippen LogP contribution in [-0.2, 0) is 26.0 Å². The van der Waals surface area contributed by atoms with E-state index in [4.69, 9.17) is 0 Å². The number of hydrogen-bond donors (Lipinski definition) is 0. The highest BCUT2D eigenvalue weighted by atomic mass is 32.2. The highest BCUT2D eigenvalue weighted by Gasteiger charge is 2.29. The topological polar surface area (TPSA) is 78.0 Å². The molecule has 7 nitrogen and oxygen atoms in total. The summed E-state index contributed by atoms with van der Waals surface area (Å²) in [7, 11) is -3.58. The molecule has 0 aromatic heterocycles. The van der Waals surface area contributed by atoms with Gasteiger partial charge in [-0.3, -0.25) is 9.59 Å². The van der Waals surface area contributed by atoms with Crippen LogP contribution in [0, 0.1) is 0 Å². The molecular weight excluding hydrogens is 330 g/mol. The zero-order valence-electron chi connectivity index (χ0n) is 13.6. The van der Waals surface area contributed by atoms with Crippen LogP contribution in [0.1, 0.15) is 18.9 Å². The van der Waals surface area contributed by atoms with E-state index in [0.29, 0.717) is 32.7 Å². The molecule has 1 fully saturated rings. The van der Waals surface area contributed by atoms with Gasteiger partial charge in [0.05, 0.1) is 4.90 Å². The van der Waals surface area contributed by atoms with Crippen molar-refractivity contribution in [1.29, 1.82) is 0 Å². The van der Waals surface area contributed by atoms with Crippen molar-refractivity contribution in [1.82, 2.24) is 9.21 Å². The van der Waals surface area contributed by atoms with Crippen molar-refractivity contribution in [3.63, 3.8) is 0 Å². The average Bonchev–Trinajstić information content (AvgIpc) is 2.60. The molecule has 3 rings (SSSR count). The van der Waals surface area contributed by atoms with E-state index in [0.717, 1.165) is 30.5 Å². The first kappa shape index (κ1) is 16.9. The molecule has 24 heavy (non-hydrogen) atoms. The fraction of sp³-hybridized carbons (Fsp3) is 0.500. The Morgan fingerprint density at radius 3 is 2.46 bits per heavy atom. The summed E-state index contributed by atoms with van der Waals surface area (Å²) in [5, 5.41) is 0. The zero-order valence-corrected chi connectivity index (χ0v) is 14.5. The van der Waals surface area contributed by atoms with E-state index in [-0.39, 0.29) is 10.8 Å². The summed E-state index contributed by atoms with van der Waals surface area (Å²) in [6, 6.07) is 4.98. The lowest BCUT2D eigenvalue weighted by atomic mass is 10.0. The van der Waals surface area contributed by atoms with Gasteiger partial charge in [-0.1, -0.05) is 0 Å². The Morgan fingerprint density at radius 1 is 1.12 bits per heavy atom. The third-order valence-electron chi connectivity index (χ3n) is 4.61. The van der Waals surface area contributed by atoms with E-state index < -0.39 is 10.0 Å². The number of sulfonamides is 1. The van der Waals surface area contributed by atoms with E-state index in [9.17, 15) is 18.0 Å². The van der Waals surface area contributed by atoms with Crippen molar-refractivity contribution in [2.75, 3.05) is 37.6 Å². The third-order valence-corrected chi connectivity index (χ3v) is 6.50. The van der Waals surface area contributed by atoms with Crippen LogP contribution in [-0.4, -0.2) is 62.7 Å². The van der Waals surface area contributed by atoms with Gasteiger partial charge in [0.2, 0.25) is 22.3 Å². The number of piperazine rings is 1. The number of fused-ring (bicyclic) bond motifs is 1. The summed E-state index contributed by atoms with van der Waals surface area (Å²) in [5.74, 6) is -0.0310. The first-order valence-electron chi connectivity index (χ1n) is 8.04. The number of carbonyl (C=O) groups is 2. The number of carbonyl (C=O) groups excluding carboxylic acids is 2. The van der Waals surface area contributed by atoms with Crippen molar-refractivity contribution in [3.05, 3.63) is 23.8 Å². The first-order chi connectivity index (χ1) is 11.4. The van der Waals surface area contributed by atoms with Gasteiger partial charge in [0.1, 0.15) is 0 Å². The second kappa shape index (κ2) is 6.52. The second-order valence-corrected chi connectivity index (χ2v) is 8.05. The first-order valence-corrected chi connectivity index (χ1v) is 9.48. The predicted octanol–water partition coefficient (Wildman–Crippen LogP) is 0.448. The molecule has 1 saturated heterocycles. The molecule has 0 saturated carbocycles. The molecule has 8 heteroatoms. The van der Waals surface area contributed by atoms with Crippen LogP contribution in [0.5, 0.6) is 0 Å². The number of anilines is 1. The van der Waals surface area contributed by atoms with Crippen molar-refractivity contribution in [3.8, 4) is 0 Å². The standard InChI is InChI=1S/C16H21N3O4S/c1-13(21)19-6-2-3-14-11-15(4-5-16(14)19)24(22,23)18-9-7-17(12-20)8-10-18/h4-5,11-12H,2-3,6-10H2,1H3. The molecule has 0 spiro atoms. The Bertz CT molecular complexity index is 755. The van der Waals surface area contributed by atoms with E-state index in [1.165, 1.54) is 11.2 Å². The highest BCUT2D eigenvalue weighted by Crippen LogP contribution is 2.30. The number of aryl methyl sites for hydroxylation is 1. The van der Waals surface area contributed by atoms with Crippen LogP contribution in [0.15, 0.2) is 23.1 Å². The average molecular weight is 351 g/mol. The molecule has 0 radical (unpaired) electrons. The Hall–Kier alpha value is -1.93. The lowest BCUT2D eigenvalue weighted by Crippen LogP contribution is -2.48. The molecule has 130 valence electrons. The van der Waals surface area contributed by atoms with Gasteiger partial charge in [0, 0.05) is 45.3 Å². The maximum absolute atomic E-state index is 12.8. The Labute approximate surface area is 141 Å². The Balaban J connectivity index is 1.87. The fourth-order valence-electron chi connectivity index (χ4n) is 3.26. The zero-order chi connectivity index (χ0) is 17.3. The molecule has 1 aromatic rings. The molecule has 2 amide bonds. The van der Waals surface area contributed by atoms with Gasteiger partial charge in [0.15, 0.2) is 0 Å². The molecule has 0 aliphatic carbocycles. The van der Waals surface area contributed by atoms with Crippen molar-refractivity contribution in [2.45, 2.75) is 24.7 Å². The van der Waals surface area contributed by atoms with Crippen LogP contribution < -0.4 is 4.90 Å². The monoisotopic (exact) mass is 351 g/mol. The highest BCUT2D eigenvalue weighted by molar-refractivity contribution is 7.89. The summed E-state index contributed by atoms with van der Waals surface area (Å²) in [4.78, 5) is 26.0. The minimum absolute atomic E-state index is 0.0310. The van der Waals surface area contributed by atoms with Crippen LogP contribution >= 0.6 is 0 Å². The van der Waals surface area contributed by atoms with Crippen LogP contribution in [0.2, 0.25) is 0 Å². The molecule has 0 N–H and O–H groups in total. The van der Waals surface area contributed by atoms with Gasteiger partial charge in [-0.2, -0.15) is 4.31 Å². The molecule has 2 heterocycles. The van der Waals surface area contributed by atoms with Crippen molar-refractivity contribution >= 4 is 28.0 Å². The maximum atomic E-state index is 12.8.